The number of carbonyl (C=O) groups excluding carboxylic acids is 1. The van der Waals surface area contributed by atoms with Crippen LogP contribution in [0.5, 0.6) is 0 Å². The second-order valence-electron chi connectivity index (χ2n) is 5.18. The molecule has 25 heavy (non-hydrogen) atoms. The van der Waals surface area contributed by atoms with Crippen LogP contribution in [0.1, 0.15) is 27.2 Å². The van der Waals surface area contributed by atoms with Crippen LogP contribution in [-0.2, 0) is 6.18 Å². The molecule has 2 heterocycles. The fraction of sp³-hybridized carbons (Fsp3) is 0.0556. The monoisotopic (exact) mass is 343 g/mol. The van der Waals surface area contributed by atoms with E-state index in [1.807, 2.05) is 30.3 Å². The molecule has 0 atom stereocenters. The zero-order valence-corrected chi connectivity index (χ0v) is 12.8. The third-order valence-electron chi connectivity index (χ3n) is 3.44. The van der Waals surface area contributed by atoms with Crippen molar-refractivity contribution in [2.45, 2.75) is 6.18 Å². The summed E-state index contributed by atoms with van der Waals surface area (Å²) >= 11 is 0. The van der Waals surface area contributed by atoms with Crippen LogP contribution in [0.15, 0.2) is 54.9 Å². The van der Waals surface area contributed by atoms with Crippen molar-refractivity contribution in [2.75, 3.05) is 0 Å². The molecule has 0 saturated heterocycles. The Kier molecular flexibility index (Phi) is 4.47. The molecule has 4 nitrogen and oxygen atoms in total. The normalized spacial score (nSPS) is 11.8. The Labute approximate surface area is 141 Å². The highest BCUT2D eigenvalue weighted by Gasteiger charge is 2.30. The molecular formula is C18H12F3N3O. The zero-order valence-electron chi connectivity index (χ0n) is 12.8. The maximum absolute atomic E-state index is 12.6. The number of nitrogens with zero attached hydrogens (tertiary/aromatic N) is 3. The molecule has 0 amide bonds. The minimum atomic E-state index is -4.45. The maximum Gasteiger partial charge on any atom is 0.417 e. The molecule has 0 N–H and O–H groups in total. The van der Waals surface area contributed by atoms with Crippen LogP contribution < -0.4 is 0 Å². The summed E-state index contributed by atoms with van der Waals surface area (Å²) in [4.78, 5) is 15.0. The first-order valence-electron chi connectivity index (χ1n) is 7.29. The highest BCUT2D eigenvalue weighted by atomic mass is 19.4. The quantitative estimate of drug-likeness (QED) is 0.665. The number of halogens is 3. The molecule has 0 fully saturated rings. The van der Waals surface area contributed by atoms with Crippen LogP contribution in [0.25, 0.3) is 18.0 Å². The Morgan fingerprint density at radius 3 is 2.36 bits per heavy atom. The summed E-state index contributed by atoms with van der Waals surface area (Å²) in [5.74, 6) is 0.190. The van der Waals surface area contributed by atoms with E-state index in [2.05, 4.69) is 10.1 Å². The first-order chi connectivity index (χ1) is 12.0. The molecule has 0 aliphatic heterocycles. The summed E-state index contributed by atoms with van der Waals surface area (Å²) in [7, 11) is 0. The van der Waals surface area contributed by atoms with Gasteiger partial charge < -0.3 is 0 Å². The van der Waals surface area contributed by atoms with Gasteiger partial charge in [-0.15, -0.1) is 0 Å². The minimum Gasteiger partial charge on any atom is -0.298 e. The standard InChI is InChI=1S/C18H12F3N3O/c19-18(20,21)15-7-9-17(22-10-15)24-11-14(12-25)16(23-24)8-6-13-4-2-1-3-5-13/h1-12H. The van der Waals surface area contributed by atoms with E-state index in [4.69, 9.17) is 0 Å². The first kappa shape index (κ1) is 16.6. The van der Waals surface area contributed by atoms with E-state index >= 15 is 0 Å². The Balaban J connectivity index is 1.90. The van der Waals surface area contributed by atoms with E-state index in [-0.39, 0.29) is 5.82 Å². The summed E-state index contributed by atoms with van der Waals surface area (Å²) in [6, 6.07) is 11.6. The van der Waals surface area contributed by atoms with Gasteiger partial charge in [-0.1, -0.05) is 36.4 Å². The molecule has 3 aromatic rings. The van der Waals surface area contributed by atoms with Crippen molar-refractivity contribution in [3.05, 3.63) is 77.2 Å². The van der Waals surface area contributed by atoms with E-state index in [1.54, 1.807) is 12.2 Å². The van der Waals surface area contributed by atoms with Gasteiger partial charge in [0.25, 0.3) is 0 Å². The van der Waals surface area contributed by atoms with Gasteiger partial charge in [0.2, 0.25) is 0 Å². The summed E-state index contributed by atoms with van der Waals surface area (Å²) in [6.07, 6.45) is 1.80. The van der Waals surface area contributed by atoms with Gasteiger partial charge >= 0.3 is 6.18 Å². The van der Waals surface area contributed by atoms with Crippen molar-refractivity contribution >= 4 is 18.4 Å². The second kappa shape index (κ2) is 6.72. The van der Waals surface area contributed by atoms with E-state index < -0.39 is 11.7 Å². The average Bonchev–Trinajstić information content (AvgIpc) is 3.03. The van der Waals surface area contributed by atoms with Gasteiger partial charge in [0.15, 0.2) is 12.1 Å². The van der Waals surface area contributed by atoms with Gasteiger partial charge in [-0.2, -0.15) is 18.3 Å². The van der Waals surface area contributed by atoms with Crippen LogP contribution in [0, 0.1) is 0 Å². The molecule has 3 rings (SSSR count). The number of carbonyl (C=O) groups is 1. The summed E-state index contributed by atoms with van der Waals surface area (Å²) < 4.78 is 39.0. The molecule has 0 spiro atoms. The SMILES string of the molecule is O=Cc1cn(-c2ccc(C(F)(F)F)cn2)nc1C=Cc1ccccc1. The van der Waals surface area contributed by atoms with Crippen molar-refractivity contribution in [3.63, 3.8) is 0 Å². The highest BCUT2D eigenvalue weighted by Crippen LogP contribution is 2.28. The Hall–Kier alpha value is -3.22. The second-order valence-corrected chi connectivity index (χ2v) is 5.18. The van der Waals surface area contributed by atoms with Crippen molar-refractivity contribution in [1.82, 2.24) is 14.8 Å². The lowest BCUT2D eigenvalue weighted by Crippen LogP contribution is -2.07. The summed E-state index contributed by atoms with van der Waals surface area (Å²) in [5.41, 5.74) is 0.805. The molecular weight excluding hydrogens is 331 g/mol. The van der Waals surface area contributed by atoms with Crippen LogP contribution in [0.4, 0.5) is 13.2 Å². The lowest BCUT2D eigenvalue weighted by molar-refractivity contribution is -0.137. The van der Waals surface area contributed by atoms with Crippen molar-refractivity contribution < 1.29 is 18.0 Å². The fourth-order valence-corrected chi connectivity index (χ4v) is 2.17. The predicted octanol–water partition coefficient (Wildman–Crippen LogP) is 4.27. The lowest BCUT2D eigenvalue weighted by Gasteiger charge is -2.06. The Bertz CT molecular complexity index is 898. The third-order valence-corrected chi connectivity index (χ3v) is 3.44. The Morgan fingerprint density at radius 2 is 1.76 bits per heavy atom. The van der Waals surface area contributed by atoms with Gasteiger partial charge in [-0.25, -0.2) is 9.67 Å². The van der Waals surface area contributed by atoms with Crippen molar-refractivity contribution in [3.8, 4) is 5.82 Å². The van der Waals surface area contributed by atoms with E-state index in [1.165, 1.54) is 16.9 Å². The molecule has 0 radical (unpaired) electrons. The van der Waals surface area contributed by atoms with Crippen LogP contribution in [-0.4, -0.2) is 21.1 Å². The van der Waals surface area contributed by atoms with E-state index in [9.17, 15) is 18.0 Å². The van der Waals surface area contributed by atoms with Crippen LogP contribution in [0.3, 0.4) is 0 Å². The molecule has 0 bridgehead atoms. The number of aldehydes is 1. The molecule has 0 aliphatic carbocycles. The number of pyridine rings is 1. The number of hydrogen-bond acceptors (Lipinski definition) is 3. The number of benzene rings is 1. The lowest BCUT2D eigenvalue weighted by atomic mass is 10.2. The topological polar surface area (TPSA) is 47.8 Å². The van der Waals surface area contributed by atoms with Crippen molar-refractivity contribution in [1.29, 1.82) is 0 Å². The number of rotatable bonds is 4. The molecule has 2 aromatic heterocycles. The average molecular weight is 343 g/mol. The molecule has 0 aliphatic rings. The van der Waals surface area contributed by atoms with E-state index in [0.717, 1.165) is 17.8 Å². The smallest absolute Gasteiger partial charge is 0.298 e. The third kappa shape index (κ3) is 3.82. The number of aromatic nitrogens is 3. The molecule has 126 valence electrons. The zero-order chi connectivity index (χ0) is 17.9. The Morgan fingerprint density at radius 1 is 1.00 bits per heavy atom. The van der Waals surface area contributed by atoms with Gasteiger partial charge in [0.05, 0.1) is 16.8 Å². The molecule has 0 saturated carbocycles. The summed E-state index contributed by atoms with van der Waals surface area (Å²) in [5, 5.41) is 4.21. The number of hydrogen-bond donors (Lipinski definition) is 0. The maximum atomic E-state index is 12.6. The minimum absolute atomic E-state index is 0.190. The van der Waals surface area contributed by atoms with E-state index in [0.29, 0.717) is 17.5 Å². The van der Waals surface area contributed by atoms with Crippen LogP contribution >= 0.6 is 0 Å². The van der Waals surface area contributed by atoms with Crippen LogP contribution in [0.2, 0.25) is 0 Å². The summed E-state index contributed by atoms with van der Waals surface area (Å²) in [6.45, 7) is 0. The fourth-order valence-electron chi connectivity index (χ4n) is 2.17. The first-order valence-corrected chi connectivity index (χ1v) is 7.29. The molecule has 0 unspecified atom stereocenters. The molecule has 1 aromatic carbocycles. The van der Waals surface area contributed by atoms with Gasteiger partial charge in [-0.3, -0.25) is 4.79 Å². The van der Waals surface area contributed by atoms with Gasteiger partial charge in [0.1, 0.15) is 0 Å². The largest absolute Gasteiger partial charge is 0.417 e. The molecule has 7 heteroatoms. The highest BCUT2D eigenvalue weighted by molar-refractivity contribution is 5.83. The van der Waals surface area contributed by atoms with Gasteiger partial charge in [-0.05, 0) is 23.8 Å². The van der Waals surface area contributed by atoms with Crippen molar-refractivity contribution in [2.24, 2.45) is 0 Å². The van der Waals surface area contributed by atoms with Gasteiger partial charge in [0, 0.05) is 12.4 Å². The predicted molar refractivity (Wildman–Crippen MR) is 87.1 cm³/mol. The number of alkyl halides is 3.